The Morgan fingerprint density at radius 2 is 2.00 bits per heavy atom. The number of pyridine rings is 1. The number of hydrogen-bond donors (Lipinski definition) is 0. The maximum atomic E-state index is 13.0. The molecule has 0 amide bonds. The fourth-order valence-electron chi connectivity index (χ4n) is 3.72. The van der Waals surface area contributed by atoms with Crippen molar-refractivity contribution in [2.75, 3.05) is 39.5 Å². The minimum absolute atomic E-state index is 0.0840. The van der Waals surface area contributed by atoms with Gasteiger partial charge < -0.3 is 18.8 Å². The Kier molecular flexibility index (Phi) is 5.13. The van der Waals surface area contributed by atoms with E-state index in [9.17, 15) is 9.59 Å². The fourth-order valence-corrected chi connectivity index (χ4v) is 3.72. The number of aromatic nitrogens is 1. The average molecular weight is 372 g/mol. The van der Waals surface area contributed by atoms with Crippen molar-refractivity contribution < 1.29 is 19.0 Å². The van der Waals surface area contributed by atoms with Gasteiger partial charge in [0.25, 0.3) is 0 Å². The minimum atomic E-state index is -0.571. The number of carbonyl (C=O) groups excluding carboxylic acids is 1. The lowest BCUT2D eigenvalue weighted by Gasteiger charge is -2.27. The van der Waals surface area contributed by atoms with E-state index in [0.717, 1.165) is 50.3 Å². The Bertz CT molecular complexity index is 915. The minimum Gasteiger partial charge on any atom is -0.491 e. The summed E-state index contributed by atoms with van der Waals surface area (Å²) in [5.74, 6) is 0.138. The quantitative estimate of drug-likeness (QED) is 0.762. The zero-order chi connectivity index (χ0) is 18.8. The molecule has 0 unspecified atom stereocenters. The van der Waals surface area contributed by atoms with Gasteiger partial charge in [0.15, 0.2) is 0 Å². The first-order valence-corrected chi connectivity index (χ1v) is 9.47. The van der Waals surface area contributed by atoms with Crippen LogP contribution in [0.15, 0.2) is 23.1 Å². The van der Waals surface area contributed by atoms with E-state index in [1.807, 2.05) is 16.7 Å². The van der Waals surface area contributed by atoms with Crippen molar-refractivity contribution in [1.29, 1.82) is 0 Å². The van der Waals surface area contributed by atoms with Crippen molar-refractivity contribution in [3.8, 4) is 5.75 Å². The molecule has 1 aromatic carbocycles. The number of morpholine rings is 1. The Labute approximate surface area is 157 Å². The lowest BCUT2D eigenvalue weighted by Crippen LogP contribution is -2.35. The lowest BCUT2D eigenvalue weighted by atomic mass is 10.1. The van der Waals surface area contributed by atoms with E-state index in [4.69, 9.17) is 14.2 Å². The van der Waals surface area contributed by atoms with Crippen LogP contribution in [0.1, 0.15) is 29.3 Å². The highest BCUT2D eigenvalue weighted by Crippen LogP contribution is 2.29. The first-order valence-electron chi connectivity index (χ1n) is 9.47. The van der Waals surface area contributed by atoms with Gasteiger partial charge in [0.1, 0.15) is 11.3 Å². The highest BCUT2D eigenvalue weighted by atomic mass is 16.5. The Hall–Kier alpha value is -2.38. The van der Waals surface area contributed by atoms with Crippen LogP contribution in [0.2, 0.25) is 0 Å². The van der Waals surface area contributed by atoms with Crippen LogP contribution in [0.4, 0.5) is 0 Å². The largest absolute Gasteiger partial charge is 0.491 e. The number of rotatable bonds is 4. The van der Waals surface area contributed by atoms with E-state index in [0.29, 0.717) is 24.3 Å². The van der Waals surface area contributed by atoms with Crippen molar-refractivity contribution in [3.63, 3.8) is 0 Å². The van der Waals surface area contributed by atoms with Crippen LogP contribution in [-0.4, -0.2) is 55.0 Å². The molecular weight excluding hydrogens is 348 g/mol. The van der Waals surface area contributed by atoms with Crippen LogP contribution in [0.5, 0.6) is 5.75 Å². The molecule has 0 saturated carbocycles. The van der Waals surface area contributed by atoms with E-state index < -0.39 is 5.97 Å². The summed E-state index contributed by atoms with van der Waals surface area (Å²) in [6, 6.07) is 3.91. The van der Waals surface area contributed by atoms with Crippen molar-refractivity contribution in [3.05, 3.63) is 39.7 Å². The molecule has 0 bridgehead atoms. The number of hydrogen-bond acceptors (Lipinski definition) is 6. The topological polar surface area (TPSA) is 70.0 Å². The third-order valence-electron chi connectivity index (χ3n) is 5.00. The monoisotopic (exact) mass is 372 g/mol. The number of carbonyl (C=O) groups is 1. The molecule has 1 fully saturated rings. The van der Waals surface area contributed by atoms with Crippen LogP contribution < -0.4 is 10.2 Å². The van der Waals surface area contributed by atoms with E-state index in [1.54, 1.807) is 13.1 Å². The van der Waals surface area contributed by atoms with Gasteiger partial charge in [0, 0.05) is 32.4 Å². The first-order chi connectivity index (χ1) is 13.2. The molecule has 3 heterocycles. The summed E-state index contributed by atoms with van der Waals surface area (Å²) in [5, 5.41) is 0.517. The van der Waals surface area contributed by atoms with Gasteiger partial charge in [-0.25, -0.2) is 4.79 Å². The molecular formula is C20H24N2O5. The summed E-state index contributed by atoms with van der Waals surface area (Å²) in [6.07, 6.45) is 2.43. The number of nitrogens with zero attached hydrogens (tertiary/aromatic N) is 2. The standard InChI is InChI=1S/C20H24N2O5/c1-2-26-20(24)16-13-22-4-3-7-27-17-11-14(10-15(18(17)22)19(16)23)12-21-5-8-25-9-6-21/h10-11,13H,2-9,12H2,1H3. The predicted octanol–water partition coefficient (Wildman–Crippen LogP) is 1.79. The van der Waals surface area contributed by atoms with Gasteiger partial charge in [-0.1, -0.05) is 0 Å². The second-order valence-electron chi connectivity index (χ2n) is 6.87. The molecule has 2 aromatic rings. The number of ether oxygens (including phenoxy) is 3. The zero-order valence-electron chi connectivity index (χ0n) is 15.5. The molecule has 4 rings (SSSR count). The Balaban J connectivity index is 1.83. The summed E-state index contributed by atoms with van der Waals surface area (Å²) in [5.41, 5.74) is 1.55. The molecule has 0 aliphatic carbocycles. The molecule has 0 spiro atoms. The maximum absolute atomic E-state index is 13.0. The lowest BCUT2D eigenvalue weighted by molar-refractivity contribution is 0.0342. The van der Waals surface area contributed by atoms with Crippen LogP contribution >= 0.6 is 0 Å². The van der Waals surface area contributed by atoms with E-state index >= 15 is 0 Å². The zero-order valence-corrected chi connectivity index (χ0v) is 15.5. The molecule has 0 atom stereocenters. The molecule has 27 heavy (non-hydrogen) atoms. The third kappa shape index (κ3) is 3.57. The van der Waals surface area contributed by atoms with Crippen molar-refractivity contribution >= 4 is 16.9 Å². The SMILES string of the molecule is CCOC(=O)c1cn2c3c(cc(CN4CCOCC4)cc3c1=O)OCCC2. The van der Waals surface area contributed by atoms with Crippen LogP contribution in [-0.2, 0) is 22.6 Å². The summed E-state index contributed by atoms with van der Waals surface area (Å²) in [6.45, 7) is 7.13. The maximum Gasteiger partial charge on any atom is 0.343 e. The molecule has 2 aliphatic heterocycles. The molecule has 7 nitrogen and oxygen atoms in total. The van der Waals surface area contributed by atoms with Gasteiger partial charge in [-0.05, 0) is 31.0 Å². The summed E-state index contributed by atoms with van der Waals surface area (Å²) in [4.78, 5) is 27.6. The Morgan fingerprint density at radius 1 is 1.19 bits per heavy atom. The van der Waals surface area contributed by atoms with Gasteiger partial charge in [0.05, 0.1) is 37.3 Å². The van der Waals surface area contributed by atoms with Crippen LogP contribution in [0, 0.1) is 0 Å². The van der Waals surface area contributed by atoms with Gasteiger partial charge in [-0.2, -0.15) is 0 Å². The van der Waals surface area contributed by atoms with Crippen molar-refractivity contribution in [1.82, 2.24) is 9.47 Å². The van der Waals surface area contributed by atoms with Crippen molar-refractivity contribution in [2.45, 2.75) is 26.4 Å². The third-order valence-corrected chi connectivity index (χ3v) is 5.00. The summed E-state index contributed by atoms with van der Waals surface area (Å²) >= 11 is 0. The van der Waals surface area contributed by atoms with Crippen LogP contribution in [0.3, 0.4) is 0 Å². The highest BCUT2D eigenvalue weighted by Gasteiger charge is 2.22. The molecule has 1 aromatic heterocycles. The van der Waals surface area contributed by atoms with E-state index in [1.165, 1.54) is 0 Å². The summed E-state index contributed by atoms with van der Waals surface area (Å²) in [7, 11) is 0. The predicted molar refractivity (Wildman–Crippen MR) is 100 cm³/mol. The second-order valence-corrected chi connectivity index (χ2v) is 6.87. The first kappa shape index (κ1) is 18.0. The summed E-state index contributed by atoms with van der Waals surface area (Å²) < 4.78 is 18.4. The second kappa shape index (κ2) is 7.70. The smallest absolute Gasteiger partial charge is 0.343 e. The van der Waals surface area contributed by atoms with Crippen molar-refractivity contribution in [2.24, 2.45) is 0 Å². The van der Waals surface area contributed by atoms with Crippen LogP contribution in [0.25, 0.3) is 10.9 Å². The van der Waals surface area contributed by atoms with E-state index in [2.05, 4.69) is 4.90 Å². The Morgan fingerprint density at radius 3 is 2.78 bits per heavy atom. The number of aryl methyl sites for hydroxylation is 1. The number of esters is 1. The highest BCUT2D eigenvalue weighted by molar-refractivity contribution is 5.95. The molecule has 7 heteroatoms. The average Bonchev–Trinajstić information content (AvgIpc) is 2.88. The van der Waals surface area contributed by atoms with E-state index in [-0.39, 0.29) is 17.6 Å². The molecule has 1 saturated heterocycles. The molecule has 2 aliphatic rings. The number of benzene rings is 1. The van der Waals surface area contributed by atoms with Gasteiger partial charge in [0.2, 0.25) is 5.43 Å². The van der Waals surface area contributed by atoms with Gasteiger partial charge in [-0.3, -0.25) is 9.69 Å². The van der Waals surface area contributed by atoms with Gasteiger partial charge >= 0.3 is 5.97 Å². The molecule has 144 valence electrons. The molecule has 0 N–H and O–H groups in total. The normalized spacial score (nSPS) is 17.4. The molecule has 0 radical (unpaired) electrons. The fraction of sp³-hybridized carbons (Fsp3) is 0.500. The van der Waals surface area contributed by atoms with Gasteiger partial charge in [-0.15, -0.1) is 0 Å².